The standard InChI is InChI=1S/C15H13FN2OS/c16-12-5-1-10(2-6-12)9-14(19)18-13-7-3-11(4-8-13)15(17)20/h1-8H,9H2,(H2,17,20)(H,18,19). The maximum absolute atomic E-state index is 12.8. The van der Waals surface area contributed by atoms with Crippen LogP contribution < -0.4 is 11.1 Å². The first-order valence-corrected chi connectivity index (χ1v) is 6.39. The topological polar surface area (TPSA) is 55.1 Å². The van der Waals surface area contributed by atoms with Crippen molar-refractivity contribution < 1.29 is 9.18 Å². The minimum atomic E-state index is -0.317. The maximum Gasteiger partial charge on any atom is 0.228 e. The Morgan fingerprint density at radius 3 is 2.25 bits per heavy atom. The van der Waals surface area contributed by atoms with E-state index in [0.717, 1.165) is 11.1 Å². The van der Waals surface area contributed by atoms with Crippen molar-refractivity contribution in [3.63, 3.8) is 0 Å². The van der Waals surface area contributed by atoms with Crippen LogP contribution in [0.1, 0.15) is 11.1 Å². The first-order chi connectivity index (χ1) is 9.54. The Morgan fingerprint density at radius 1 is 1.10 bits per heavy atom. The highest BCUT2D eigenvalue weighted by atomic mass is 32.1. The largest absolute Gasteiger partial charge is 0.389 e. The van der Waals surface area contributed by atoms with Gasteiger partial charge in [0.1, 0.15) is 10.8 Å². The minimum Gasteiger partial charge on any atom is -0.389 e. The van der Waals surface area contributed by atoms with Crippen LogP contribution in [0, 0.1) is 5.82 Å². The van der Waals surface area contributed by atoms with Crippen LogP contribution in [0.5, 0.6) is 0 Å². The highest BCUT2D eigenvalue weighted by molar-refractivity contribution is 7.80. The fourth-order valence-corrected chi connectivity index (χ4v) is 1.85. The van der Waals surface area contributed by atoms with E-state index in [0.29, 0.717) is 10.7 Å². The Balaban J connectivity index is 1.97. The van der Waals surface area contributed by atoms with Gasteiger partial charge >= 0.3 is 0 Å². The molecule has 0 fully saturated rings. The molecule has 0 saturated heterocycles. The first kappa shape index (κ1) is 14.1. The lowest BCUT2D eigenvalue weighted by Crippen LogP contribution is -2.15. The van der Waals surface area contributed by atoms with Gasteiger partial charge in [-0.1, -0.05) is 24.4 Å². The molecule has 0 radical (unpaired) electrons. The Morgan fingerprint density at radius 2 is 1.70 bits per heavy atom. The molecule has 1 amide bonds. The Bertz CT molecular complexity index is 623. The minimum absolute atomic E-state index is 0.167. The summed E-state index contributed by atoms with van der Waals surface area (Å²) in [5.41, 5.74) is 7.66. The van der Waals surface area contributed by atoms with Crippen molar-refractivity contribution in [2.75, 3.05) is 5.32 Å². The number of carbonyl (C=O) groups excluding carboxylic acids is 1. The molecule has 0 aliphatic carbocycles. The van der Waals surface area contributed by atoms with Crippen LogP contribution in [-0.2, 0) is 11.2 Å². The van der Waals surface area contributed by atoms with Crippen LogP contribution in [0.4, 0.5) is 10.1 Å². The van der Waals surface area contributed by atoms with Crippen molar-refractivity contribution in [1.82, 2.24) is 0 Å². The second kappa shape index (κ2) is 6.25. The van der Waals surface area contributed by atoms with Crippen molar-refractivity contribution in [3.8, 4) is 0 Å². The van der Waals surface area contributed by atoms with E-state index in [-0.39, 0.29) is 18.1 Å². The fourth-order valence-electron chi connectivity index (χ4n) is 1.71. The highest BCUT2D eigenvalue weighted by Crippen LogP contribution is 2.11. The van der Waals surface area contributed by atoms with E-state index in [4.69, 9.17) is 18.0 Å². The molecular formula is C15H13FN2OS. The molecule has 0 aromatic heterocycles. The molecule has 0 heterocycles. The third-order valence-electron chi connectivity index (χ3n) is 2.73. The van der Waals surface area contributed by atoms with Gasteiger partial charge in [-0.05, 0) is 42.0 Å². The number of rotatable bonds is 4. The number of carbonyl (C=O) groups is 1. The predicted molar refractivity (Wildman–Crippen MR) is 81.1 cm³/mol. The van der Waals surface area contributed by atoms with E-state index in [9.17, 15) is 9.18 Å². The summed E-state index contributed by atoms with van der Waals surface area (Å²) in [7, 11) is 0. The molecule has 2 aromatic rings. The summed E-state index contributed by atoms with van der Waals surface area (Å²) in [6.07, 6.45) is 0.192. The number of anilines is 1. The molecule has 2 aromatic carbocycles. The Hall–Kier alpha value is -2.27. The Labute approximate surface area is 121 Å². The number of benzene rings is 2. The van der Waals surface area contributed by atoms with Crippen molar-refractivity contribution in [1.29, 1.82) is 0 Å². The molecule has 3 nitrogen and oxygen atoms in total. The van der Waals surface area contributed by atoms with Crippen molar-refractivity contribution in [3.05, 3.63) is 65.5 Å². The van der Waals surface area contributed by atoms with Crippen LogP contribution in [-0.4, -0.2) is 10.9 Å². The average Bonchev–Trinajstić information content (AvgIpc) is 2.42. The molecule has 5 heteroatoms. The molecule has 0 saturated carbocycles. The lowest BCUT2D eigenvalue weighted by Gasteiger charge is -2.06. The number of hydrogen-bond donors (Lipinski definition) is 2. The second-order valence-electron chi connectivity index (χ2n) is 4.29. The molecule has 0 unspecified atom stereocenters. The summed E-state index contributed by atoms with van der Waals surface area (Å²) in [5, 5.41) is 2.75. The van der Waals surface area contributed by atoms with Crippen molar-refractivity contribution in [2.45, 2.75) is 6.42 Å². The van der Waals surface area contributed by atoms with Gasteiger partial charge in [0.05, 0.1) is 6.42 Å². The highest BCUT2D eigenvalue weighted by Gasteiger charge is 2.05. The molecule has 20 heavy (non-hydrogen) atoms. The summed E-state index contributed by atoms with van der Waals surface area (Å²) in [4.78, 5) is 12.1. The fraction of sp³-hybridized carbons (Fsp3) is 0.0667. The van der Waals surface area contributed by atoms with Crippen molar-refractivity contribution in [2.24, 2.45) is 5.73 Å². The number of hydrogen-bond acceptors (Lipinski definition) is 2. The maximum atomic E-state index is 12.8. The molecule has 0 atom stereocenters. The molecule has 0 spiro atoms. The third-order valence-corrected chi connectivity index (χ3v) is 2.97. The van der Waals surface area contributed by atoms with Gasteiger partial charge in [-0.3, -0.25) is 4.79 Å². The summed E-state index contributed by atoms with van der Waals surface area (Å²) in [6, 6.07) is 12.8. The molecule has 0 aliphatic rings. The molecule has 0 bridgehead atoms. The first-order valence-electron chi connectivity index (χ1n) is 5.99. The summed E-state index contributed by atoms with van der Waals surface area (Å²) >= 11 is 4.85. The van der Waals surface area contributed by atoms with Gasteiger partial charge < -0.3 is 11.1 Å². The molecule has 0 aliphatic heterocycles. The average molecular weight is 288 g/mol. The van der Waals surface area contributed by atoms with Gasteiger partial charge in [-0.25, -0.2) is 4.39 Å². The number of nitrogens with one attached hydrogen (secondary N) is 1. The normalized spacial score (nSPS) is 10.1. The quantitative estimate of drug-likeness (QED) is 0.850. The lowest BCUT2D eigenvalue weighted by molar-refractivity contribution is -0.115. The number of nitrogens with two attached hydrogens (primary N) is 1. The molecule has 3 N–H and O–H groups in total. The summed E-state index contributed by atoms with van der Waals surface area (Å²) in [6.45, 7) is 0. The summed E-state index contributed by atoms with van der Waals surface area (Å²) < 4.78 is 12.8. The predicted octanol–water partition coefficient (Wildman–Crippen LogP) is 2.64. The number of amides is 1. The van der Waals surface area contributed by atoms with E-state index in [1.807, 2.05) is 0 Å². The van der Waals surface area contributed by atoms with Crippen LogP contribution in [0.2, 0.25) is 0 Å². The van der Waals surface area contributed by atoms with Gasteiger partial charge in [-0.2, -0.15) is 0 Å². The van der Waals surface area contributed by atoms with E-state index in [1.54, 1.807) is 36.4 Å². The SMILES string of the molecule is NC(=S)c1ccc(NC(=O)Cc2ccc(F)cc2)cc1. The zero-order valence-electron chi connectivity index (χ0n) is 10.6. The van der Waals surface area contributed by atoms with Crippen LogP contribution >= 0.6 is 12.2 Å². The lowest BCUT2D eigenvalue weighted by atomic mass is 10.1. The van der Waals surface area contributed by atoms with Crippen LogP contribution in [0.25, 0.3) is 0 Å². The third kappa shape index (κ3) is 3.86. The van der Waals surface area contributed by atoms with Gasteiger partial charge in [0.2, 0.25) is 5.91 Å². The van der Waals surface area contributed by atoms with Gasteiger partial charge in [0.25, 0.3) is 0 Å². The molecule has 2 rings (SSSR count). The number of thiocarbonyl (C=S) groups is 1. The number of halogens is 1. The smallest absolute Gasteiger partial charge is 0.228 e. The summed E-state index contributed by atoms with van der Waals surface area (Å²) in [5.74, 6) is -0.484. The molecule has 102 valence electrons. The van der Waals surface area contributed by atoms with E-state index < -0.39 is 0 Å². The Kier molecular flexibility index (Phi) is 4.42. The van der Waals surface area contributed by atoms with E-state index >= 15 is 0 Å². The van der Waals surface area contributed by atoms with Crippen molar-refractivity contribution >= 4 is 28.8 Å². The van der Waals surface area contributed by atoms with E-state index in [2.05, 4.69) is 5.32 Å². The monoisotopic (exact) mass is 288 g/mol. The van der Waals surface area contributed by atoms with Gasteiger partial charge in [0, 0.05) is 11.3 Å². The molecular weight excluding hydrogens is 275 g/mol. The zero-order valence-corrected chi connectivity index (χ0v) is 11.4. The van der Waals surface area contributed by atoms with E-state index in [1.165, 1.54) is 12.1 Å². The van der Waals surface area contributed by atoms with Gasteiger partial charge in [0.15, 0.2) is 0 Å². The van der Waals surface area contributed by atoms with Crippen LogP contribution in [0.15, 0.2) is 48.5 Å². The van der Waals surface area contributed by atoms with Crippen LogP contribution in [0.3, 0.4) is 0 Å². The van der Waals surface area contributed by atoms with Gasteiger partial charge in [-0.15, -0.1) is 0 Å². The second-order valence-corrected chi connectivity index (χ2v) is 4.73. The zero-order chi connectivity index (χ0) is 14.5.